The summed E-state index contributed by atoms with van der Waals surface area (Å²) in [7, 11) is 0. The molecule has 0 aromatic rings. The van der Waals surface area contributed by atoms with Crippen LogP contribution in [0.15, 0.2) is 0 Å². The standard InChI is InChI=1S/C14H24O4/c1-5-8-14(18-13(16)10(4)6-2)9-12(15)17-11(14)7-3/h10-11H,5-9H2,1-4H3. The number of hydrogen-bond donors (Lipinski definition) is 0. The summed E-state index contributed by atoms with van der Waals surface area (Å²) in [5.41, 5.74) is -0.735. The van der Waals surface area contributed by atoms with Crippen LogP contribution in [0.4, 0.5) is 0 Å². The largest absolute Gasteiger partial charge is 0.458 e. The Morgan fingerprint density at radius 2 is 2.17 bits per heavy atom. The second kappa shape index (κ2) is 6.21. The fourth-order valence-electron chi connectivity index (χ4n) is 2.41. The van der Waals surface area contributed by atoms with Crippen molar-refractivity contribution in [1.82, 2.24) is 0 Å². The third-order valence-electron chi connectivity index (χ3n) is 3.67. The highest BCUT2D eigenvalue weighted by Crippen LogP contribution is 2.37. The molecule has 0 aliphatic carbocycles. The van der Waals surface area contributed by atoms with Crippen molar-refractivity contribution in [3.8, 4) is 0 Å². The van der Waals surface area contributed by atoms with Gasteiger partial charge >= 0.3 is 11.9 Å². The van der Waals surface area contributed by atoms with Gasteiger partial charge in [-0.3, -0.25) is 9.59 Å². The van der Waals surface area contributed by atoms with E-state index in [4.69, 9.17) is 9.47 Å². The summed E-state index contributed by atoms with van der Waals surface area (Å²) in [5.74, 6) is -0.609. The fourth-order valence-corrected chi connectivity index (χ4v) is 2.41. The van der Waals surface area contributed by atoms with Crippen molar-refractivity contribution < 1.29 is 19.1 Å². The Kier molecular flexibility index (Phi) is 5.17. The lowest BCUT2D eigenvalue weighted by Gasteiger charge is -2.32. The Bertz CT molecular complexity index is 313. The Balaban J connectivity index is 2.86. The van der Waals surface area contributed by atoms with Crippen molar-refractivity contribution in [2.75, 3.05) is 0 Å². The molecule has 4 heteroatoms. The van der Waals surface area contributed by atoms with Crippen molar-refractivity contribution >= 4 is 11.9 Å². The smallest absolute Gasteiger partial charge is 0.310 e. The molecule has 0 saturated carbocycles. The highest BCUT2D eigenvalue weighted by Gasteiger charge is 2.51. The topological polar surface area (TPSA) is 52.6 Å². The molecule has 0 radical (unpaired) electrons. The third-order valence-corrected chi connectivity index (χ3v) is 3.67. The molecule has 3 unspecified atom stereocenters. The molecule has 0 bridgehead atoms. The maximum Gasteiger partial charge on any atom is 0.310 e. The number of carbonyl (C=O) groups is 2. The molecule has 1 aliphatic rings. The molecule has 0 spiro atoms. The van der Waals surface area contributed by atoms with Crippen LogP contribution in [0.1, 0.15) is 59.8 Å². The predicted octanol–water partition coefficient (Wildman–Crippen LogP) is 2.84. The molecule has 1 fully saturated rings. The molecule has 3 atom stereocenters. The molecule has 0 amide bonds. The van der Waals surface area contributed by atoms with Crippen LogP contribution < -0.4 is 0 Å². The van der Waals surface area contributed by atoms with Gasteiger partial charge in [0.1, 0.15) is 6.10 Å². The van der Waals surface area contributed by atoms with Crippen molar-refractivity contribution in [3.63, 3.8) is 0 Å². The Labute approximate surface area is 109 Å². The van der Waals surface area contributed by atoms with Crippen LogP contribution in [0.25, 0.3) is 0 Å². The van der Waals surface area contributed by atoms with E-state index < -0.39 is 5.60 Å². The van der Waals surface area contributed by atoms with E-state index in [1.807, 2.05) is 27.7 Å². The fraction of sp³-hybridized carbons (Fsp3) is 0.857. The van der Waals surface area contributed by atoms with Gasteiger partial charge in [-0.1, -0.05) is 34.1 Å². The minimum Gasteiger partial charge on any atom is -0.458 e. The van der Waals surface area contributed by atoms with Gasteiger partial charge in [0.2, 0.25) is 0 Å². The monoisotopic (exact) mass is 256 g/mol. The summed E-state index contributed by atoms with van der Waals surface area (Å²) in [5, 5.41) is 0. The van der Waals surface area contributed by atoms with Gasteiger partial charge in [0, 0.05) is 0 Å². The van der Waals surface area contributed by atoms with Crippen LogP contribution in [0, 0.1) is 5.92 Å². The van der Waals surface area contributed by atoms with Gasteiger partial charge in [0.05, 0.1) is 12.3 Å². The molecule has 1 heterocycles. The van der Waals surface area contributed by atoms with Crippen molar-refractivity contribution in [2.24, 2.45) is 5.92 Å². The summed E-state index contributed by atoms with van der Waals surface area (Å²) in [6.07, 6.45) is 2.87. The van der Waals surface area contributed by atoms with Crippen LogP contribution in [-0.2, 0) is 19.1 Å². The summed E-state index contributed by atoms with van der Waals surface area (Å²) in [6, 6.07) is 0. The second-order valence-corrected chi connectivity index (χ2v) is 5.11. The van der Waals surface area contributed by atoms with Gasteiger partial charge in [-0.25, -0.2) is 0 Å². The Morgan fingerprint density at radius 1 is 1.50 bits per heavy atom. The maximum absolute atomic E-state index is 12.0. The molecule has 18 heavy (non-hydrogen) atoms. The quantitative estimate of drug-likeness (QED) is 0.686. The lowest BCUT2D eigenvalue weighted by Crippen LogP contribution is -2.43. The zero-order valence-electron chi connectivity index (χ0n) is 11.8. The highest BCUT2D eigenvalue weighted by atomic mass is 16.6. The van der Waals surface area contributed by atoms with E-state index in [0.717, 1.165) is 12.8 Å². The van der Waals surface area contributed by atoms with Gasteiger partial charge in [-0.05, 0) is 19.3 Å². The van der Waals surface area contributed by atoms with Crippen LogP contribution in [-0.4, -0.2) is 23.6 Å². The minimum absolute atomic E-state index is 0.132. The third kappa shape index (κ3) is 3.03. The van der Waals surface area contributed by atoms with E-state index in [2.05, 4.69) is 0 Å². The van der Waals surface area contributed by atoms with Gasteiger partial charge < -0.3 is 9.47 Å². The van der Waals surface area contributed by atoms with Crippen LogP contribution in [0.2, 0.25) is 0 Å². The van der Waals surface area contributed by atoms with Gasteiger partial charge in [-0.15, -0.1) is 0 Å². The molecule has 4 nitrogen and oxygen atoms in total. The van der Waals surface area contributed by atoms with Crippen LogP contribution in [0.5, 0.6) is 0 Å². The lowest BCUT2D eigenvalue weighted by molar-refractivity contribution is -0.172. The van der Waals surface area contributed by atoms with Crippen molar-refractivity contribution in [3.05, 3.63) is 0 Å². The maximum atomic E-state index is 12.0. The molecule has 0 aromatic heterocycles. The number of rotatable bonds is 6. The van der Waals surface area contributed by atoms with E-state index in [9.17, 15) is 9.59 Å². The number of hydrogen-bond acceptors (Lipinski definition) is 4. The zero-order valence-corrected chi connectivity index (χ0v) is 11.8. The second-order valence-electron chi connectivity index (χ2n) is 5.11. The first-order valence-electron chi connectivity index (χ1n) is 6.91. The van der Waals surface area contributed by atoms with Crippen molar-refractivity contribution in [2.45, 2.75) is 71.5 Å². The zero-order chi connectivity index (χ0) is 13.8. The molecule has 104 valence electrons. The first kappa shape index (κ1) is 15.0. The van der Waals surface area contributed by atoms with E-state index in [1.165, 1.54) is 0 Å². The van der Waals surface area contributed by atoms with E-state index in [1.54, 1.807) is 0 Å². The first-order valence-corrected chi connectivity index (χ1v) is 6.91. The first-order chi connectivity index (χ1) is 8.49. The Hall–Kier alpha value is -1.06. The Morgan fingerprint density at radius 3 is 2.67 bits per heavy atom. The summed E-state index contributed by atoms with van der Waals surface area (Å²) < 4.78 is 11.0. The van der Waals surface area contributed by atoms with Crippen LogP contribution >= 0.6 is 0 Å². The normalized spacial score (nSPS) is 28.9. The molecule has 1 aliphatic heterocycles. The minimum atomic E-state index is -0.735. The summed E-state index contributed by atoms with van der Waals surface area (Å²) in [4.78, 5) is 23.5. The average molecular weight is 256 g/mol. The van der Waals surface area contributed by atoms with E-state index >= 15 is 0 Å². The molecule has 0 aromatic carbocycles. The number of ether oxygens (including phenoxy) is 2. The number of carbonyl (C=O) groups excluding carboxylic acids is 2. The average Bonchev–Trinajstić information content (AvgIpc) is 2.64. The highest BCUT2D eigenvalue weighted by molar-refractivity contribution is 5.77. The van der Waals surface area contributed by atoms with Gasteiger partial charge in [0.15, 0.2) is 5.60 Å². The molecule has 1 saturated heterocycles. The van der Waals surface area contributed by atoms with Gasteiger partial charge in [-0.2, -0.15) is 0 Å². The molecule has 0 N–H and O–H groups in total. The SMILES string of the molecule is CCCC1(OC(=O)C(C)CC)CC(=O)OC1CC. The number of esters is 2. The lowest BCUT2D eigenvalue weighted by atomic mass is 9.88. The number of cyclic esters (lactones) is 1. The van der Waals surface area contributed by atoms with Crippen LogP contribution in [0.3, 0.4) is 0 Å². The van der Waals surface area contributed by atoms with Gasteiger partial charge in [0.25, 0.3) is 0 Å². The molecule has 1 rings (SSSR count). The molecular weight excluding hydrogens is 232 g/mol. The van der Waals surface area contributed by atoms with Crippen molar-refractivity contribution in [1.29, 1.82) is 0 Å². The summed E-state index contributed by atoms with van der Waals surface area (Å²) >= 11 is 0. The molecular formula is C14H24O4. The predicted molar refractivity (Wildman–Crippen MR) is 68.0 cm³/mol. The van der Waals surface area contributed by atoms with E-state index in [-0.39, 0.29) is 30.4 Å². The summed E-state index contributed by atoms with van der Waals surface area (Å²) in [6.45, 7) is 7.77. The van der Waals surface area contributed by atoms with E-state index in [0.29, 0.717) is 12.8 Å².